The van der Waals surface area contributed by atoms with Crippen molar-refractivity contribution in [1.29, 1.82) is 0 Å². The molecule has 4 rings (SSSR count). The number of ketones is 1. The standard InChI is InChI=1S/C23H23N3O2S/c1-15(29-22-25-24-21(28-22)16-10-6-5-7-11-16)19(27)14-20-23(2,3)17-12-8-9-13-18(17)26(20)4/h5-15H,1-4H3/b20-14+. The van der Waals surface area contributed by atoms with Gasteiger partial charge in [-0.3, -0.25) is 4.79 Å². The van der Waals surface area contributed by atoms with Crippen molar-refractivity contribution in [3.05, 3.63) is 71.9 Å². The second kappa shape index (κ2) is 7.52. The molecule has 1 unspecified atom stereocenters. The maximum absolute atomic E-state index is 13.0. The zero-order valence-corrected chi connectivity index (χ0v) is 17.7. The number of likely N-dealkylation sites (N-methyl/N-ethyl adjacent to an activating group) is 1. The number of allylic oxidation sites excluding steroid dienone is 2. The predicted octanol–water partition coefficient (Wildman–Crippen LogP) is 5.10. The molecule has 0 aliphatic carbocycles. The van der Waals surface area contributed by atoms with Crippen LogP contribution in [0.3, 0.4) is 0 Å². The molecule has 2 aromatic carbocycles. The zero-order valence-electron chi connectivity index (χ0n) is 16.9. The Labute approximate surface area is 174 Å². The topological polar surface area (TPSA) is 59.2 Å². The second-order valence-electron chi connectivity index (χ2n) is 7.63. The van der Waals surface area contributed by atoms with Crippen LogP contribution in [0.2, 0.25) is 0 Å². The summed E-state index contributed by atoms with van der Waals surface area (Å²) in [6.45, 7) is 6.17. The first-order valence-electron chi connectivity index (χ1n) is 9.53. The molecule has 0 bridgehead atoms. The van der Waals surface area contributed by atoms with E-state index in [2.05, 4.69) is 41.1 Å². The average Bonchev–Trinajstić information content (AvgIpc) is 3.26. The fourth-order valence-electron chi connectivity index (χ4n) is 3.68. The molecule has 5 nitrogen and oxygen atoms in total. The van der Waals surface area contributed by atoms with E-state index in [0.717, 1.165) is 16.9 Å². The summed E-state index contributed by atoms with van der Waals surface area (Å²) in [5, 5.41) is 8.24. The molecule has 0 fully saturated rings. The zero-order chi connectivity index (χ0) is 20.6. The summed E-state index contributed by atoms with van der Waals surface area (Å²) in [6, 6.07) is 17.9. The average molecular weight is 406 g/mol. The number of aromatic nitrogens is 2. The van der Waals surface area contributed by atoms with Crippen molar-refractivity contribution in [3.63, 3.8) is 0 Å². The van der Waals surface area contributed by atoms with Crippen LogP contribution in [0.5, 0.6) is 0 Å². The van der Waals surface area contributed by atoms with E-state index in [1.807, 2.05) is 56.4 Å². The van der Waals surface area contributed by atoms with Gasteiger partial charge in [-0.15, -0.1) is 10.2 Å². The number of anilines is 1. The Morgan fingerprint density at radius 1 is 1.10 bits per heavy atom. The van der Waals surface area contributed by atoms with Crippen molar-refractivity contribution in [2.45, 2.75) is 36.7 Å². The Hall–Kier alpha value is -2.86. The van der Waals surface area contributed by atoms with Crippen LogP contribution in [0.1, 0.15) is 26.3 Å². The van der Waals surface area contributed by atoms with Gasteiger partial charge in [0, 0.05) is 35.5 Å². The molecule has 1 aliphatic heterocycles. The summed E-state index contributed by atoms with van der Waals surface area (Å²) in [6.07, 6.45) is 1.76. The highest BCUT2D eigenvalue weighted by Gasteiger charge is 2.38. The van der Waals surface area contributed by atoms with Crippen LogP contribution in [0.25, 0.3) is 11.5 Å². The number of carbonyl (C=O) groups excluding carboxylic acids is 1. The Kier molecular flexibility index (Phi) is 5.04. The van der Waals surface area contributed by atoms with Gasteiger partial charge in [0.25, 0.3) is 5.22 Å². The molecule has 2 heterocycles. The smallest absolute Gasteiger partial charge is 0.277 e. The summed E-state index contributed by atoms with van der Waals surface area (Å²) in [5.41, 5.74) is 4.00. The van der Waals surface area contributed by atoms with E-state index < -0.39 is 0 Å². The molecule has 0 saturated heterocycles. The molecule has 3 aromatic rings. The third-order valence-electron chi connectivity index (χ3n) is 5.32. The fraction of sp³-hybridized carbons (Fsp3) is 0.261. The van der Waals surface area contributed by atoms with E-state index in [1.165, 1.54) is 17.3 Å². The monoisotopic (exact) mass is 405 g/mol. The number of nitrogens with zero attached hydrogens (tertiary/aromatic N) is 3. The number of hydrogen-bond donors (Lipinski definition) is 0. The van der Waals surface area contributed by atoms with Gasteiger partial charge in [0.15, 0.2) is 5.78 Å². The van der Waals surface area contributed by atoms with Crippen molar-refractivity contribution >= 4 is 23.2 Å². The molecule has 0 saturated carbocycles. The predicted molar refractivity (Wildman–Crippen MR) is 116 cm³/mol. The van der Waals surface area contributed by atoms with E-state index in [1.54, 1.807) is 6.08 Å². The van der Waals surface area contributed by atoms with Gasteiger partial charge < -0.3 is 9.32 Å². The summed E-state index contributed by atoms with van der Waals surface area (Å²) >= 11 is 1.28. The molecule has 1 aliphatic rings. The first-order valence-corrected chi connectivity index (χ1v) is 10.4. The van der Waals surface area contributed by atoms with Gasteiger partial charge in [0.1, 0.15) is 0 Å². The van der Waals surface area contributed by atoms with E-state index in [0.29, 0.717) is 11.1 Å². The molecule has 1 aromatic heterocycles. The first kappa shape index (κ1) is 19.5. The number of thioether (sulfide) groups is 1. The minimum absolute atomic E-state index is 0.0252. The van der Waals surface area contributed by atoms with Gasteiger partial charge in [-0.25, -0.2) is 0 Å². The van der Waals surface area contributed by atoms with Crippen molar-refractivity contribution in [2.75, 3.05) is 11.9 Å². The Balaban J connectivity index is 1.51. The number of rotatable bonds is 5. The van der Waals surface area contributed by atoms with Crippen LogP contribution in [0, 0.1) is 0 Å². The quantitative estimate of drug-likeness (QED) is 0.435. The van der Waals surface area contributed by atoms with Gasteiger partial charge >= 0.3 is 0 Å². The number of hydrogen-bond acceptors (Lipinski definition) is 6. The molecule has 0 N–H and O–H groups in total. The number of fused-ring (bicyclic) bond motifs is 1. The highest BCUT2D eigenvalue weighted by atomic mass is 32.2. The second-order valence-corrected chi connectivity index (χ2v) is 8.92. The maximum atomic E-state index is 13.0. The van der Waals surface area contributed by atoms with Gasteiger partial charge in [-0.05, 0) is 30.7 Å². The SMILES string of the molecule is CC(Sc1nnc(-c2ccccc2)o1)C(=O)/C=C1/N(C)c2ccccc2C1(C)C. The molecule has 0 radical (unpaired) electrons. The molecule has 1 atom stereocenters. The van der Waals surface area contributed by atoms with Crippen LogP contribution in [0.4, 0.5) is 5.69 Å². The third-order valence-corrected chi connectivity index (χ3v) is 6.28. The number of carbonyl (C=O) groups is 1. The maximum Gasteiger partial charge on any atom is 0.277 e. The van der Waals surface area contributed by atoms with Gasteiger partial charge in [-0.2, -0.15) is 0 Å². The third kappa shape index (κ3) is 3.60. The summed E-state index contributed by atoms with van der Waals surface area (Å²) in [5.74, 6) is 0.482. The van der Waals surface area contributed by atoms with E-state index >= 15 is 0 Å². The van der Waals surface area contributed by atoms with Crippen LogP contribution in [-0.4, -0.2) is 28.3 Å². The van der Waals surface area contributed by atoms with Gasteiger partial charge in [0.2, 0.25) is 5.89 Å². The van der Waals surface area contributed by atoms with E-state index in [-0.39, 0.29) is 16.4 Å². The Morgan fingerprint density at radius 3 is 2.52 bits per heavy atom. The number of para-hydroxylation sites is 1. The molecular weight excluding hydrogens is 382 g/mol. The lowest BCUT2D eigenvalue weighted by Crippen LogP contribution is -2.25. The van der Waals surface area contributed by atoms with Crippen molar-refractivity contribution < 1.29 is 9.21 Å². The first-order chi connectivity index (χ1) is 13.9. The van der Waals surface area contributed by atoms with E-state index in [4.69, 9.17) is 4.42 Å². The van der Waals surface area contributed by atoms with Crippen LogP contribution in [-0.2, 0) is 10.2 Å². The largest absolute Gasteiger partial charge is 0.411 e. The van der Waals surface area contributed by atoms with E-state index in [9.17, 15) is 4.79 Å². The van der Waals surface area contributed by atoms with Crippen LogP contribution < -0.4 is 4.90 Å². The van der Waals surface area contributed by atoms with Crippen molar-refractivity contribution in [3.8, 4) is 11.5 Å². The molecule has 29 heavy (non-hydrogen) atoms. The lowest BCUT2D eigenvalue weighted by Gasteiger charge is -2.24. The summed E-state index contributed by atoms with van der Waals surface area (Å²) in [7, 11) is 2.01. The van der Waals surface area contributed by atoms with Crippen LogP contribution >= 0.6 is 11.8 Å². The molecule has 6 heteroatoms. The molecule has 148 valence electrons. The highest BCUT2D eigenvalue weighted by Crippen LogP contribution is 2.46. The normalized spacial score (nSPS) is 17.4. The molecule has 0 amide bonds. The number of benzene rings is 2. The lowest BCUT2D eigenvalue weighted by atomic mass is 9.83. The van der Waals surface area contributed by atoms with Gasteiger partial charge in [-0.1, -0.05) is 62.0 Å². The molecular formula is C23H23N3O2S. The molecule has 0 spiro atoms. The Bertz CT molecular complexity index is 1070. The fourth-order valence-corrected chi connectivity index (χ4v) is 4.38. The Morgan fingerprint density at radius 2 is 1.79 bits per heavy atom. The van der Waals surface area contributed by atoms with Crippen molar-refractivity contribution in [1.82, 2.24) is 10.2 Å². The summed E-state index contributed by atoms with van der Waals surface area (Å²) in [4.78, 5) is 15.1. The van der Waals surface area contributed by atoms with Crippen LogP contribution in [0.15, 0.2) is 76.0 Å². The summed E-state index contributed by atoms with van der Waals surface area (Å²) < 4.78 is 5.73. The van der Waals surface area contributed by atoms with Crippen molar-refractivity contribution in [2.24, 2.45) is 0 Å². The minimum Gasteiger partial charge on any atom is -0.411 e. The minimum atomic E-state index is -0.334. The highest BCUT2D eigenvalue weighted by molar-refractivity contribution is 8.00. The van der Waals surface area contributed by atoms with Gasteiger partial charge in [0.05, 0.1) is 5.25 Å². The lowest BCUT2D eigenvalue weighted by molar-refractivity contribution is -0.114.